The Kier molecular flexibility index (Phi) is 11.4. The molecule has 8 nitrogen and oxygen atoms in total. The van der Waals surface area contributed by atoms with Crippen molar-refractivity contribution in [3.8, 4) is 17.2 Å². The summed E-state index contributed by atoms with van der Waals surface area (Å²) in [5.74, 6) is -1.56. The Bertz CT molecular complexity index is 746. The van der Waals surface area contributed by atoms with Crippen LogP contribution in [0.3, 0.4) is 0 Å². The van der Waals surface area contributed by atoms with Gasteiger partial charge in [-0.25, -0.2) is 9.59 Å². The molecule has 0 unspecified atom stereocenters. The van der Waals surface area contributed by atoms with E-state index in [0.29, 0.717) is 23.9 Å². The summed E-state index contributed by atoms with van der Waals surface area (Å²) in [7, 11) is 5.43. The average molecular weight is 419 g/mol. The summed E-state index contributed by atoms with van der Waals surface area (Å²) in [6, 6.07) is 16.2. The number of hydrogen-bond acceptors (Lipinski definition) is 6. The number of carbonyl (C=O) groups is 2. The predicted octanol–water partition coefficient (Wildman–Crippen LogP) is 3.15. The van der Waals surface area contributed by atoms with Crippen LogP contribution in [-0.2, 0) is 16.1 Å². The number of para-hydroxylation sites is 1. The van der Waals surface area contributed by atoms with Crippen molar-refractivity contribution >= 4 is 11.9 Å². The van der Waals surface area contributed by atoms with E-state index < -0.39 is 11.9 Å². The topological polar surface area (TPSA) is 106 Å². The number of nitrogens with zero attached hydrogens (tertiary/aromatic N) is 1. The van der Waals surface area contributed by atoms with Crippen molar-refractivity contribution in [2.45, 2.75) is 19.4 Å². The van der Waals surface area contributed by atoms with Crippen molar-refractivity contribution < 1.29 is 34.0 Å². The zero-order valence-corrected chi connectivity index (χ0v) is 17.5. The fourth-order valence-corrected chi connectivity index (χ4v) is 2.59. The van der Waals surface area contributed by atoms with Crippen LogP contribution >= 0.6 is 0 Å². The van der Waals surface area contributed by atoms with Crippen LogP contribution in [0.2, 0.25) is 0 Å². The molecule has 164 valence electrons. The number of carboxylic acid groups (broad SMARTS) is 2. The van der Waals surface area contributed by atoms with Crippen LogP contribution in [0.5, 0.6) is 17.2 Å². The predicted molar refractivity (Wildman–Crippen MR) is 112 cm³/mol. The fourth-order valence-electron chi connectivity index (χ4n) is 2.59. The summed E-state index contributed by atoms with van der Waals surface area (Å²) in [6.45, 7) is 2.67. The molecule has 2 aromatic rings. The number of hydrogen-bond donors (Lipinski definition) is 2. The molecule has 30 heavy (non-hydrogen) atoms. The van der Waals surface area contributed by atoms with E-state index in [4.69, 9.17) is 34.0 Å². The fraction of sp³-hybridized carbons (Fsp3) is 0.364. The maximum Gasteiger partial charge on any atom is 0.414 e. The highest BCUT2D eigenvalue weighted by Gasteiger charge is 2.10. The van der Waals surface area contributed by atoms with Crippen LogP contribution in [0.25, 0.3) is 0 Å². The molecule has 0 amide bonds. The van der Waals surface area contributed by atoms with Crippen LogP contribution in [0, 0.1) is 0 Å². The number of methoxy groups -OCH3 is 2. The van der Waals surface area contributed by atoms with Gasteiger partial charge in [0.2, 0.25) is 5.75 Å². The summed E-state index contributed by atoms with van der Waals surface area (Å²) in [6.07, 6.45) is 2.07. The highest BCUT2D eigenvalue weighted by Crippen LogP contribution is 2.36. The molecule has 0 bridgehead atoms. The minimum atomic E-state index is -1.82. The number of unbranched alkanes of at least 4 members (excludes halogenated alkanes) is 1. The van der Waals surface area contributed by atoms with Gasteiger partial charge >= 0.3 is 11.9 Å². The first-order valence-corrected chi connectivity index (χ1v) is 9.41. The Morgan fingerprint density at radius 3 is 1.93 bits per heavy atom. The SMILES string of the molecule is COc1cccc(OC)c1OCCCCN(C)Cc1ccccc1.O=C(O)C(=O)O. The van der Waals surface area contributed by atoms with Crippen molar-refractivity contribution in [1.29, 1.82) is 0 Å². The van der Waals surface area contributed by atoms with Gasteiger partial charge in [-0.05, 0) is 44.1 Å². The molecule has 0 heterocycles. The molecule has 2 rings (SSSR count). The van der Waals surface area contributed by atoms with E-state index in [0.717, 1.165) is 25.9 Å². The van der Waals surface area contributed by atoms with Crippen molar-refractivity contribution in [2.24, 2.45) is 0 Å². The normalized spacial score (nSPS) is 10.0. The Morgan fingerprint density at radius 1 is 0.867 bits per heavy atom. The molecule has 0 saturated carbocycles. The summed E-state index contributed by atoms with van der Waals surface area (Å²) in [5.41, 5.74) is 1.34. The van der Waals surface area contributed by atoms with Gasteiger partial charge in [-0.15, -0.1) is 0 Å². The number of benzene rings is 2. The summed E-state index contributed by atoms with van der Waals surface area (Å²) in [5, 5.41) is 14.8. The second-order valence-corrected chi connectivity index (χ2v) is 6.38. The van der Waals surface area contributed by atoms with Crippen molar-refractivity contribution in [1.82, 2.24) is 4.90 Å². The Balaban J connectivity index is 0.000000656. The first-order chi connectivity index (χ1) is 14.4. The van der Waals surface area contributed by atoms with Crippen LogP contribution < -0.4 is 14.2 Å². The summed E-state index contributed by atoms with van der Waals surface area (Å²) >= 11 is 0. The van der Waals surface area contributed by atoms with Gasteiger partial charge in [-0.2, -0.15) is 0 Å². The number of carboxylic acids is 2. The van der Waals surface area contributed by atoms with Gasteiger partial charge in [0.25, 0.3) is 0 Å². The Labute approximate surface area is 176 Å². The van der Waals surface area contributed by atoms with Crippen LogP contribution in [0.1, 0.15) is 18.4 Å². The van der Waals surface area contributed by atoms with Crippen molar-refractivity contribution in [2.75, 3.05) is 34.4 Å². The molecule has 0 aliphatic heterocycles. The largest absolute Gasteiger partial charge is 0.493 e. The highest BCUT2D eigenvalue weighted by molar-refractivity contribution is 6.27. The second-order valence-electron chi connectivity index (χ2n) is 6.38. The number of ether oxygens (including phenoxy) is 3. The molecule has 0 aliphatic carbocycles. The zero-order chi connectivity index (χ0) is 22.4. The van der Waals surface area contributed by atoms with E-state index in [1.165, 1.54) is 5.56 Å². The molecule has 2 aromatic carbocycles. The van der Waals surface area contributed by atoms with Crippen LogP contribution in [0.15, 0.2) is 48.5 Å². The Morgan fingerprint density at radius 2 is 1.43 bits per heavy atom. The van der Waals surface area contributed by atoms with E-state index in [1.54, 1.807) is 14.2 Å². The molecule has 0 fully saturated rings. The third kappa shape index (κ3) is 9.29. The molecule has 0 atom stereocenters. The lowest BCUT2D eigenvalue weighted by Crippen LogP contribution is -2.19. The maximum atomic E-state index is 9.10. The lowest BCUT2D eigenvalue weighted by Gasteiger charge is -2.17. The van der Waals surface area contributed by atoms with Gasteiger partial charge in [-0.3, -0.25) is 0 Å². The van der Waals surface area contributed by atoms with Gasteiger partial charge in [0.1, 0.15) is 0 Å². The molecule has 8 heteroatoms. The molecule has 0 saturated heterocycles. The van der Waals surface area contributed by atoms with E-state index in [1.807, 2.05) is 24.3 Å². The number of aliphatic carboxylic acids is 2. The third-order valence-electron chi connectivity index (χ3n) is 4.04. The van der Waals surface area contributed by atoms with E-state index >= 15 is 0 Å². The van der Waals surface area contributed by atoms with Gasteiger partial charge < -0.3 is 29.3 Å². The molecule has 0 spiro atoms. The monoisotopic (exact) mass is 419 g/mol. The molecule has 0 aliphatic rings. The maximum absolute atomic E-state index is 9.10. The molecule has 0 aromatic heterocycles. The summed E-state index contributed by atoms with van der Waals surface area (Å²) < 4.78 is 16.6. The quantitative estimate of drug-likeness (QED) is 0.447. The molecular formula is C22H29NO7. The standard InChI is InChI=1S/C20H27NO3.C2H2O4/c1-21(16-17-10-5-4-6-11-17)14-7-8-15-24-20-18(22-2)12-9-13-19(20)23-3;3-1(4)2(5)6/h4-6,9-13H,7-8,14-16H2,1-3H3;(H,3,4)(H,5,6). The van der Waals surface area contributed by atoms with Crippen LogP contribution in [-0.4, -0.2) is 61.5 Å². The van der Waals surface area contributed by atoms with Crippen molar-refractivity contribution in [3.05, 3.63) is 54.1 Å². The lowest BCUT2D eigenvalue weighted by molar-refractivity contribution is -0.159. The minimum Gasteiger partial charge on any atom is -0.493 e. The lowest BCUT2D eigenvalue weighted by atomic mass is 10.2. The van der Waals surface area contributed by atoms with E-state index in [-0.39, 0.29) is 0 Å². The number of rotatable bonds is 10. The van der Waals surface area contributed by atoms with Crippen molar-refractivity contribution in [3.63, 3.8) is 0 Å². The molecule has 0 radical (unpaired) electrons. The second kappa shape index (κ2) is 13.8. The van der Waals surface area contributed by atoms with Gasteiger partial charge in [0, 0.05) is 6.54 Å². The zero-order valence-electron chi connectivity index (χ0n) is 17.5. The first kappa shape index (κ1) is 24.8. The Hall–Kier alpha value is -3.26. The average Bonchev–Trinajstić information content (AvgIpc) is 2.74. The highest BCUT2D eigenvalue weighted by atomic mass is 16.5. The van der Waals surface area contributed by atoms with Crippen LogP contribution in [0.4, 0.5) is 0 Å². The van der Waals surface area contributed by atoms with E-state index in [2.05, 4.69) is 36.2 Å². The molecule has 2 N–H and O–H groups in total. The minimum absolute atomic E-state index is 0.649. The first-order valence-electron chi connectivity index (χ1n) is 9.41. The summed E-state index contributed by atoms with van der Waals surface area (Å²) in [4.78, 5) is 20.5. The molecular weight excluding hydrogens is 390 g/mol. The smallest absolute Gasteiger partial charge is 0.414 e. The van der Waals surface area contributed by atoms with Gasteiger partial charge in [0.05, 0.1) is 20.8 Å². The van der Waals surface area contributed by atoms with E-state index in [9.17, 15) is 0 Å². The van der Waals surface area contributed by atoms with Gasteiger partial charge in [0.15, 0.2) is 11.5 Å². The third-order valence-corrected chi connectivity index (χ3v) is 4.04. The van der Waals surface area contributed by atoms with Gasteiger partial charge in [-0.1, -0.05) is 36.4 Å².